The molecule has 4 fully saturated rings. The molecule has 2 unspecified atom stereocenters. The molecule has 5 nitrogen and oxygen atoms in total. The first-order valence-corrected chi connectivity index (χ1v) is 9.89. The summed E-state index contributed by atoms with van der Waals surface area (Å²) in [6.07, 6.45) is 0.628. The number of hydrogen-bond donors (Lipinski definition) is 5. The second-order valence-corrected chi connectivity index (χ2v) is 10.5. The highest BCUT2D eigenvalue weighted by molar-refractivity contribution is 5.24. The Morgan fingerprint density at radius 2 is 1.48 bits per heavy atom. The molecule has 0 radical (unpaired) electrons. The van der Waals surface area contributed by atoms with Gasteiger partial charge in [-0.2, -0.15) is 0 Å². The quantitative estimate of drug-likeness (QED) is 0.448. The molecule has 0 amide bonds. The third kappa shape index (κ3) is 1.87. The Morgan fingerprint density at radius 1 is 0.840 bits per heavy atom. The molecule has 4 saturated carbocycles. The van der Waals surface area contributed by atoms with Crippen LogP contribution in [0.25, 0.3) is 0 Å². The van der Waals surface area contributed by atoms with Gasteiger partial charge in [-0.15, -0.1) is 0 Å². The van der Waals surface area contributed by atoms with Crippen molar-refractivity contribution in [1.82, 2.24) is 0 Å². The largest absolute Gasteiger partial charge is 0.392 e. The summed E-state index contributed by atoms with van der Waals surface area (Å²) in [5, 5.41) is 56.2. The SMILES string of the molecule is C[C@H]1CC23C[C@H](O)[C@@]4(O)[C@@H](C[C@H](O)C4(C)C)[C@](C)(O)[C@@H]2CCC1[C@@H]3O. The maximum Gasteiger partial charge on any atom is 0.104 e. The van der Waals surface area contributed by atoms with E-state index in [0.717, 1.165) is 19.3 Å². The zero-order valence-corrected chi connectivity index (χ0v) is 15.8. The second kappa shape index (κ2) is 4.99. The standard InChI is InChI=1S/C20H34O5/c1-10-8-19-9-15(22)20(25)13(7-14(21)17(20,2)3)18(4,24)12(19)6-5-11(10)16(19)23/h10-16,21-25H,5-9H2,1-4H3/t10-,11?,12-,13-,14-,15-,16-,18+,19?,20-/m0/s1. The van der Waals surface area contributed by atoms with Crippen LogP contribution in [0.1, 0.15) is 59.8 Å². The first-order chi connectivity index (χ1) is 11.4. The van der Waals surface area contributed by atoms with Crippen molar-refractivity contribution >= 4 is 0 Å². The van der Waals surface area contributed by atoms with Crippen LogP contribution < -0.4 is 0 Å². The lowest BCUT2D eigenvalue weighted by Crippen LogP contribution is -2.60. The monoisotopic (exact) mass is 354 g/mol. The topological polar surface area (TPSA) is 101 Å². The maximum atomic E-state index is 11.7. The molecule has 0 aromatic carbocycles. The van der Waals surface area contributed by atoms with Crippen molar-refractivity contribution in [2.75, 3.05) is 0 Å². The first-order valence-electron chi connectivity index (χ1n) is 9.89. The third-order valence-corrected chi connectivity index (χ3v) is 9.26. The van der Waals surface area contributed by atoms with E-state index in [1.54, 1.807) is 20.8 Å². The summed E-state index contributed by atoms with van der Waals surface area (Å²) in [5.74, 6) is -0.213. The van der Waals surface area contributed by atoms with E-state index in [2.05, 4.69) is 6.92 Å². The molecule has 25 heavy (non-hydrogen) atoms. The Kier molecular flexibility index (Phi) is 3.63. The van der Waals surface area contributed by atoms with E-state index in [0.29, 0.717) is 12.3 Å². The van der Waals surface area contributed by atoms with Crippen molar-refractivity contribution < 1.29 is 25.5 Å². The van der Waals surface area contributed by atoms with Gasteiger partial charge in [-0.1, -0.05) is 20.8 Å². The van der Waals surface area contributed by atoms with Crippen molar-refractivity contribution in [2.45, 2.75) is 89.3 Å². The molecule has 144 valence electrons. The molecule has 4 rings (SSSR count). The lowest BCUT2D eigenvalue weighted by atomic mass is 9.57. The van der Waals surface area contributed by atoms with Gasteiger partial charge in [-0.3, -0.25) is 0 Å². The average molecular weight is 354 g/mol. The number of aliphatic hydroxyl groups excluding tert-OH is 3. The molecule has 5 heteroatoms. The molecule has 0 aromatic heterocycles. The molecular weight excluding hydrogens is 320 g/mol. The van der Waals surface area contributed by atoms with Crippen LogP contribution in [0.15, 0.2) is 0 Å². The van der Waals surface area contributed by atoms with Gasteiger partial charge in [0.1, 0.15) is 5.60 Å². The van der Waals surface area contributed by atoms with E-state index in [1.165, 1.54) is 0 Å². The highest BCUT2D eigenvalue weighted by atomic mass is 16.4. The van der Waals surface area contributed by atoms with Gasteiger partial charge in [-0.25, -0.2) is 0 Å². The Hall–Kier alpha value is -0.200. The van der Waals surface area contributed by atoms with Gasteiger partial charge in [-0.05, 0) is 56.8 Å². The van der Waals surface area contributed by atoms with Crippen LogP contribution in [0.2, 0.25) is 0 Å². The highest BCUT2D eigenvalue weighted by Crippen LogP contribution is 2.69. The van der Waals surface area contributed by atoms with E-state index < -0.39 is 46.3 Å². The Morgan fingerprint density at radius 3 is 2.12 bits per heavy atom. The molecule has 0 saturated heterocycles. The summed E-state index contributed by atoms with van der Waals surface area (Å²) in [7, 11) is 0. The van der Waals surface area contributed by atoms with Crippen LogP contribution in [0.5, 0.6) is 0 Å². The van der Waals surface area contributed by atoms with Crippen molar-refractivity contribution in [1.29, 1.82) is 0 Å². The molecule has 2 bridgehead atoms. The minimum atomic E-state index is -1.57. The molecule has 0 aromatic rings. The van der Waals surface area contributed by atoms with Crippen LogP contribution >= 0.6 is 0 Å². The Bertz CT molecular complexity index is 574. The molecule has 10 atom stereocenters. The first kappa shape index (κ1) is 18.2. The van der Waals surface area contributed by atoms with E-state index in [4.69, 9.17) is 0 Å². The molecule has 0 aliphatic heterocycles. The van der Waals surface area contributed by atoms with E-state index in [1.807, 2.05) is 0 Å². The molecule has 4 aliphatic carbocycles. The number of hydrogen-bond acceptors (Lipinski definition) is 5. The fourth-order valence-corrected chi connectivity index (χ4v) is 7.78. The third-order valence-electron chi connectivity index (χ3n) is 9.26. The molecule has 4 aliphatic rings. The van der Waals surface area contributed by atoms with Crippen molar-refractivity contribution in [3.8, 4) is 0 Å². The van der Waals surface area contributed by atoms with Gasteiger partial charge in [0, 0.05) is 16.7 Å². The number of rotatable bonds is 0. The predicted molar refractivity (Wildman–Crippen MR) is 92.5 cm³/mol. The Balaban J connectivity index is 1.88. The lowest BCUT2D eigenvalue weighted by molar-refractivity contribution is -0.200. The van der Waals surface area contributed by atoms with Crippen LogP contribution in [-0.2, 0) is 0 Å². The minimum Gasteiger partial charge on any atom is -0.392 e. The van der Waals surface area contributed by atoms with Gasteiger partial charge in [0.05, 0.1) is 23.9 Å². The zero-order valence-electron chi connectivity index (χ0n) is 15.8. The summed E-state index contributed by atoms with van der Waals surface area (Å²) in [4.78, 5) is 0. The Labute approximate surface area is 150 Å². The fourth-order valence-electron chi connectivity index (χ4n) is 7.78. The maximum absolute atomic E-state index is 11.7. The van der Waals surface area contributed by atoms with Crippen LogP contribution in [0, 0.1) is 34.5 Å². The summed E-state index contributed by atoms with van der Waals surface area (Å²) < 4.78 is 0. The summed E-state index contributed by atoms with van der Waals surface area (Å²) in [5.41, 5.74) is -4.27. The average Bonchev–Trinajstić information content (AvgIpc) is 2.75. The predicted octanol–water partition coefficient (Wildman–Crippen LogP) is 1.05. The minimum absolute atomic E-state index is 0.175. The zero-order chi connectivity index (χ0) is 18.6. The van der Waals surface area contributed by atoms with Crippen molar-refractivity contribution in [3.63, 3.8) is 0 Å². The molecular formula is C20H34O5. The van der Waals surface area contributed by atoms with Crippen molar-refractivity contribution in [2.24, 2.45) is 34.5 Å². The van der Waals surface area contributed by atoms with E-state index >= 15 is 0 Å². The summed E-state index contributed by atoms with van der Waals surface area (Å²) in [6, 6.07) is 0. The van der Waals surface area contributed by atoms with Crippen LogP contribution in [0.3, 0.4) is 0 Å². The van der Waals surface area contributed by atoms with E-state index in [-0.39, 0.29) is 18.3 Å². The second-order valence-electron chi connectivity index (χ2n) is 10.5. The lowest BCUT2D eigenvalue weighted by Gasteiger charge is -2.51. The summed E-state index contributed by atoms with van der Waals surface area (Å²) >= 11 is 0. The van der Waals surface area contributed by atoms with Gasteiger partial charge < -0.3 is 25.5 Å². The van der Waals surface area contributed by atoms with Gasteiger partial charge >= 0.3 is 0 Å². The molecule has 1 spiro atoms. The molecule has 5 N–H and O–H groups in total. The van der Waals surface area contributed by atoms with Crippen molar-refractivity contribution in [3.05, 3.63) is 0 Å². The van der Waals surface area contributed by atoms with Gasteiger partial charge in [0.2, 0.25) is 0 Å². The van der Waals surface area contributed by atoms with Crippen LogP contribution in [0.4, 0.5) is 0 Å². The normalized spacial score (nSPS) is 63.0. The van der Waals surface area contributed by atoms with Gasteiger partial charge in [0.15, 0.2) is 0 Å². The number of aliphatic hydroxyl groups is 5. The fraction of sp³-hybridized carbons (Fsp3) is 1.00. The van der Waals surface area contributed by atoms with E-state index in [9.17, 15) is 25.5 Å². The van der Waals surface area contributed by atoms with Gasteiger partial charge in [0.25, 0.3) is 0 Å². The number of fused-ring (bicyclic) bond motifs is 2. The highest BCUT2D eigenvalue weighted by Gasteiger charge is 2.74. The molecule has 0 heterocycles. The smallest absolute Gasteiger partial charge is 0.104 e. The van der Waals surface area contributed by atoms with Crippen LogP contribution in [-0.4, -0.2) is 55.0 Å². The summed E-state index contributed by atoms with van der Waals surface area (Å²) in [6.45, 7) is 7.47.